The molecule has 1 saturated heterocycles. The normalized spacial score (nSPS) is 13.2. The molecule has 4 rings (SSSR count). The molecule has 36 heavy (non-hydrogen) atoms. The Bertz CT molecular complexity index is 1240. The summed E-state index contributed by atoms with van der Waals surface area (Å²) in [4.78, 5) is 30.2. The van der Waals surface area contributed by atoms with Gasteiger partial charge in [-0.2, -0.15) is 0 Å². The van der Waals surface area contributed by atoms with Gasteiger partial charge in [-0.3, -0.25) is 14.9 Å². The molecule has 8 nitrogen and oxygen atoms in total. The number of nitrogens with one attached hydrogen (secondary N) is 2. The van der Waals surface area contributed by atoms with Crippen molar-refractivity contribution in [3.05, 3.63) is 69.4 Å². The number of halogens is 1. The highest BCUT2D eigenvalue weighted by atomic mass is 35.5. The summed E-state index contributed by atoms with van der Waals surface area (Å²) < 4.78 is 10.6. The summed E-state index contributed by atoms with van der Waals surface area (Å²) in [6.07, 6.45) is 0. The topological polar surface area (TPSA) is 83.1 Å². The molecule has 0 radical (unpaired) electrons. The van der Waals surface area contributed by atoms with Gasteiger partial charge in [0.25, 0.3) is 11.8 Å². The Morgan fingerprint density at radius 3 is 2.28 bits per heavy atom. The van der Waals surface area contributed by atoms with Gasteiger partial charge in [-0.25, -0.2) is 0 Å². The van der Waals surface area contributed by atoms with Crippen molar-refractivity contribution >= 4 is 63.5 Å². The third-order valence-corrected chi connectivity index (χ3v) is 7.09. The first kappa shape index (κ1) is 25.7. The van der Waals surface area contributed by atoms with Crippen molar-refractivity contribution in [2.45, 2.75) is 0 Å². The van der Waals surface area contributed by atoms with Crippen LogP contribution in [0.3, 0.4) is 0 Å². The number of methoxy groups -OCH3 is 2. The number of rotatable bonds is 6. The number of hydrogen-bond donors (Lipinski definition) is 2. The second-order valence-corrected chi connectivity index (χ2v) is 9.63. The molecule has 0 spiro atoms. The second-order valence-electron chi connectivity index (χ2n) is 7.87. The molecule has 2 amide bonds. The average molecular weight is 545 g/mol. The van der Waals surface area contributed by atoms with Gasteiger partial charge in [0, 0.05) is 31.9 Å². The molecule has 1 aliphatic rings. The first-order valence-corrected chi connectivity index (χ1v) is 12.8. The maximum atomic E-state index is 12.8. The van der Waals surface area contributed by atoms with Gasteiger partial charge >= 0.3 is 0 Å². The SMILES string of the molecule is COc1cccc(OC)c1C(=O)NC(=S)Nc1ccc(N2CCN(C(=O)c3cccs3)CC2)c(Cl)c1. The van der Waals surface area contributed by atoms with E-state index in [1.54, 1.807) is 24.3 Å². The zero-order chi connectivity index (χ0) is 25.7. The van der Waals surface area contributed by atoms with Crippen molar-refractivity contribution in [2.24, 2.45) is 0 Å². The van der Waals surface area contributed by atoms with Crippen LogP contribution in [-0.4, -0.2) is 62.2 Å². The predicted octanol–water partition coefficient (Wildman–Crippen LogP) is 4.51. The average Bonchev–Trinajstić information content (AvgIpc) is 3.43. The minimum Gasteiger partial charge on any atom is -0.496 e. The monoisotopic (exact) mass is 544 g/mol. The number of benzene rings is 2. The van der Waals surface area contributed by atoms with Gasteiger partial charge in [-0.15, -0.1) is 11.3 Å². The van der Waals surface area contributed by atoms with Crippen molar-refractivity contribution < 1.29 is 19.1 Å². The summed E-state index contributed by atoms with van der Waals surface area (Å²) in [7, 11) is 2.96. The van der Waals surface area contributed by atoms with Gasteiger partial charge < -0.3 is 24.6 Å². The van der Waals surface area contributed by atoms with E-state index in [4.69, 9.17) is 33.3 Å². The Kier molecular flexibility index (Phi) is 8.29. The molecule has 0 aliphatic carbocycles. The molecular weight excluding hydrogens is 520 g/mol. The highest BCUT2D eigenvalue weighted by Gasteiger charge is 2.24. The molecule has 2 aromatic carbocycles. The van der Waals surface area contributed by atoms with Gasteiger partial charge in [0.15, 0.2) is 5.11 Å². The summed E-state index contributed by atoms with van der Waals surface area (Å²) in [6, 6.07) is 14.3. The Morgan fingerprint density at radius 2 is 1.69 bits per heavy atom. The summed E-state index contributed by atoms with van der Waals surface area (Å²) in [5.74, 6) is 0.356. The fourth-order valence-electron chi connectivity index (χ4n) is 3.95. The molecule has 11 heteroatoms. The standard InChI is InChI=1S/C25H25ClN4O4S2/c1-33-19-5-3-6-20(34-2)22(19)23(31)28-25(35)27-16-8-9-18(17(26)15-16)29-10-12-30(13-11-29)24(32)21-7-4-14-36-21/h3-9,14-15H,10-13H2,1-2H3,(H2,27,28,31,35). The van der Waals surface area contributed by atoms with Crippen LogP contribution in [0.15, 0.2) is 53.9 Å². The summed E-state index contributed by atoms with van der Waals surface area (Å²) in [5.41, 5.74) is 1.75. The molecule has 1 fully saturated rings. The summed E-state index contributed by atoms with van der Waals surface area (Å²) >= 11 is 13.4. The number of amides is 2. The Labute approximate surface area is 223 Å². The minimum atomic E-state index is -0.459. The van der Waals surface area contributed by atoms with Crippen LogP contribution in [0.2, 0.25) is 5.02 Å². The van der Waals surface area contributed by atoms with Crippen molar-refractivity contribution in [2.75, 3.05) is 50.6 Å². The third-order valence-electron chi connectivity index (χ3n) is 5.73. The second kappa shape index (κ2) is 11.6. The molecule has 1 aliphatic heterocycles. The summed E-state index contributed by atoms with van der Waals surface area (Å²) in [6.45, 7) is 2.60. The van der Waals surface area contributed by atoms with E-state index in [-0.39, 0.29) is 16.6 Å². The highest BCUT2D eigenvalue weighted by molar-refractivity contribution is 7.80. The number of piperazine rings is 1. The Hall–Kier alpha value is -3.34. The van der Waals surface area contributed by atoms with Crippen LogP contribution < -0.4 is 25.0 Å². The number of ether oxygens (including phenoxy) is 2. The van der Waals surface area contributed by atoms with E-state index in [0.717, 1.165) is 10.6 Å². The molecule has 0 atom stereocenters. The maximum absolute atomic E-state index is 12.8. The summed E-state index contributed by atoms with van der Waals surface area (Å²) in [5, 5.41) is 8.20. The van der Waals surface area contributed by atoms with E-state index in [9.17, 15) is 9.59 Å². The zero-order valence-corrected chi connectivity index (χ0v) is 22.1. The van der Waals surface area contributed by atoms with Crippen LogP contribution in [0.4, 0.5) is 11.4 Å². The molecule has 2 N–H and O–H groups in total. The third kappa shape index (κ3) is 5.72. The van der Waals surface area contributed by atoms with Crippen LogP contribution >= 0.6 is 35.2 Å². The lowest BCUT2D eigenvalue weighted by atomic mass is 10.1. The molecule has 0 bridgehead atoms. The molecule has 1 aromatic heterocycles. The number of thiocarbonyl (C=S) groups is 1. The smallest absolute Gasteiger partial charge is 0.264 e. The van der Waals surface area contributed by atoms with Gasteiger partial charge in [0.2, 0.25) is 0 Å². The van der Waals surface area contributed by atoms with E-state index in [0.29, 0.717) is 48.4 Å². The quantitative estimate of drug-likeness (QED) is 0.442. The largest absolute Gasteiger partial charge is 0.496 e. The van der Waals surface area contributed by atoms with Gasteiger partial charge in [0.1, 0.15) is 17.1 Å². The number of nitrogens with zero attached hydrogens (tertiary/aromatic N) is 2. The lowest BCUT2D eigenvalue weighted by molar-refractivity contribution is 0.0751. The van der Waals surface area contributed by atoms with Crippen LogP contribution in [0.25, 0.3) is 0 Å². The predicted molar refractivity (Wildman–Crippen MR) is 147 cm³/mol. The van der Waals surface area contributed by atoms with Gasteiger partial charge in [0.05, 0.1) is 29.8 Å². The van der Waals surface area contributed by atoms with Crippen molar-refractivity contribution in [1.29, 1.82) is 0 Å². The van der Waals surface area contributed by atoms with E-state index in [1.807, 2.05) is 34.5 Å². The van der Waals surface area contributed by atoms with E-state index < -0.39 is 5.91 Å². The van der Waals surface area contributed by atoms with Crippen LogP contribution in [-0.2, 0) is 0 Å². The Balaban J connectivity index is 1.36. The maximum Gasteiger partial charge on any atom is 0.264 e. The van der Waals surface area contributed by atoms with Gasteiger partial charge in [-0.05, 0) is 54.0 Å². The fourth-order valence-corrected chi connectivity index (χ4v) is 5.15. The number of anilines is 2. The first-order chi connectivity index (χ1) is 17.4. The molecular formula is C25H25ClN4O4S2. The van der Waals surface area contributed by atoms with Crippen LogP contribution in [0.5, 0.6) is 11.5 Å². The van der Waals surface area contributed by atoms with E-state index in [2.05, 4.69) is 15.5 Å². The minimum absolute atomic E-state index is 0.0663. The van der Waals surface area contributed by atoms with E-state index in [1.165, 1.54) is 25.6 Å². The molecule has 2 heterocycles. The van der Waals surface area contributed by atoms with Crippen molar-refractivity contribution in [3.63, 3.8) is 0 Å². The lowest BCUT2D eigenvalue weighted by Crippen LogP contribution is -2.48. The zero-order valence-electron chi connectivity index (χ0n) is 19.7. The number of carbonyl (C=O) groups excluding carboxylic acids is 2. The molecule has 0 unspecified atom stereocenters. The van der Waals surface area contributed by atoms with Crippen LogP contribution in [0, 0.1) is 0 Å². The Morgan fingerprint density at radius 1 is 1.00 bits per heavy atom. The molecule has 0 saturated carbocycles. The number of hydrogen-bond acceptors (Lipinski definition) is 7. The fraction of sp³-hybridized carbons (Fsp3) is 0.240. The van der Waals surface area contributed by atoms with Gasteiger partial charge in [-0.1, -0.05) is 23.7 Å². The van der Waals surface area contributed by atoms with E-state index >= 15 is 0 Å². The van der Waals surface area contributed by atoms with Crippen molar-refractivity contribution in [3.8, 4) is 11.5 Å². The first-order valence-electron chi connectivity index (χ1n) is 11.1. The van der Waals surface area contributed by atoms with Crippen molar-refractivity contribution in [1.82, 2.24) is 10.2 Å². The highest BCUT2D eigenvalue weighted by Crippen LogP contribution is 2.31. The lowest BCUT2D eigenvalue weighted by Gasteiger charge is -2.36. The van der Waals surface area contributed by atoms with Crippen LogP contribution in [0.1, 0.15) is 20.0 Å². The number of carbonyl (C=O) groups is 2. The molecule has 188 valence electrons. The number of thiophene rings is 1. The molecule has 3 aromatic rings.